The summed E-state index contributed by atoms with van der Waals surface area (Å²) in [4.78, 5) is 43.9. The van der Waals surface area contributed by atoms with Gasteiger partial charge < -0.3 is 24.4 Å². The quantitative estimate of drug-likeness (QED) is 0.0723. The van der Waals surface area contributed by atoms with Gasteiger partial charge in [0.05, 0.1) is 56.7 Å². The molecule has 2 saturated heterocycles. The summed E-state index contributed by atoms with van der Waals surface area (Å²) in [6.45, 7) is 7.89. The molecule has 1 N–H and O–H groups in total. The number of nitro groups is 1. The molecular formula is C47H54N6O7Si. The molecule has 0 bridgehead atoms. The van der Waals surface area contributed by atoms with Crippen LogP contribution in [0.1, 0.15) is 73.8 Å². The smallest absolute Gasteiger partial charge is 0.269 e. The summed E-state index contributed by atoms with van der Waals surface area (Å²) in [7, 11) is -0.874. The monoisotopic (exact) mass is 842 g/mol. The normalized spacial score (nSPS) is 22.3. The van der Waals surface area contributed by atoms with Crippen LogP contribution >= 0.6 is 0 Å². The van der Waals surface area contributed by atoms with E-state index in [9.17, 15) is 20.0 Å². The van der Waals surface area contributed by atoms with Crippen molar-refractivity contribution in [2.75, 3.05) is 30.1 Å². The standard InChI is InChI=1S/C47H54N6O7Si/c1-32-45(61(3,4)38-22-20-37(59-2)21-23-38)43(25-27-50-30-41(48-49-50)39(31-54)34-12-8-7-9-13-34)60-47(32)40-28-36(53(57)58)19-24-42(40)52(46(47)56)29-33-15-17-35(18-16-33)51-26-11-6-5-10-14-44(51)55/h7-9,12-13,15-24,28,30,32,39,43,45,54H,5-6,10-11,14,25-27,29,31H2,1-4H3/t32-,39?,43+,45-,47+/m0/s1. The number of carbonyl (C=O) groups is 2. The molecule has 5 aromatic rings. The van der Waals surface area contributed by atoms with E-state index in [0.29, 0.717) is 42.9 Å². The van der Waals surface area contributed by atoms with Gasteiger partial charge in [-0.05, 0) is 66.3 Å². The minimum atomic E-state index is -2.52. The molecule has 13 nitrogen and oxygen atoms in total. The van der Waals surface area contributed by atoms with Crippen LogP contribution in [0.5, 0.6) is 5.75 Å². The lowest BCUT2D eigenvalue weighted by molar-refractivity contribution is -0.385. The highest BCUT2D eigenvalue weighted by Crippen LogP contribution is 2.60. The maximum absolute atomic E-state index is 15.4. The average Bonchev–Trinajstić information content (AvgIpc) is 3.92. The number of fused-ring (bicyclic) bond motifs is 2. The highest BCUT2D eigenvalue weighted by atomic mass is 28.3. The fraction of sp³-hybridized carbons (Fsp3) is 0.404. The zero-order valence-electron chi connectivity index (χ0n) is 35.3. The van der Waals surface area contributed by atoms with Crippen LogP contribution in [-0.4, -0.2) is 71.3 Å². The first-order chi connectivity index (χ1) is 29.5. The summed E-state index contributed by atoms with van der Waals surface area (Å²) in [5, 5.41) is 32.7. The van der Waals surface area contributed by atoms with E-state index < -0.39 is 24.7 Å². The first-order valence-electron chi connectivity index (χ1n) is 21.3. The number of benzene rings is 4. The summed E-state index contributed by atoms with van der Waals surface area (Å²) >= 11 is 0. The number of amides is 2. The number of methoxy groups -OCH3 is 1. The van der Waals surface area contributed by atoms with Crippen LogP contribution in [0.15, 0.2) is 103 Å². The van der Waals surface area contributed by atoms with E-state index in [4.69, 9.17) is 9.47 Å². The van der Waals surface area contributed by atoms with Gasteiger partial charge in [-0.25, -0.2) is 0 Å². The van der Waals surface area contributed by atoms with Crippen LogP contribution < -0.4 is 19.7 Å². The fourth-order valence-corrected chi connectivity index (χ4v) is 14.2. The lowest BCUT2D eigenvalue weighted by Crippen LogP contribution is -2.51. The molecule has 14 heteroatoms. The van der Waals surface area contributed by atoms with Gasteiger partial charge in [0.25, 0.3) is 11.6 Å². The second-order valence-corrected chi connectivity index (χ2v) is 21.9. The summed E-state index contributed by atoms with van der Waals surface area (Å²) in [6.07, 6.45) is 6.48. The van der Waals surface area contributed by atoms with Crippen molar-refractivity contribution in [2.45, 2.75) is 94.8 Å². The topological polar surface area (TPSA) is 153 Å². The molecule has 8 rings (SSSR count). The van der Waals surface area contributed by atoms with E-state index in [0.717, 1.165) is 48.2 Å². The molecule has 0 aliphatic carbocycles. The second kappa shape index (κ2) is 17.3. The van der Waals surface area contributed by atoms with Crippen molar-refractivity contribution in [3.63, 3.8) is 0 Å². The number of nitro benzene ring substituents is 1. The number of rotatable bonds is 13. The minimum Gasteiger partial charge on any atom is -0.497 e. The largest absolute Gasteiger partial charge is 0.497 e. The zero-order valence-corrected chi connectivity index (χ0v) is 36.3. The number of hydrogen-bond acceptors (Lipinski definition) is 9. The molecule has 5 atom stereocenters. The van der Waals surface area contributed by atoms with E-state index in [1.165, 1.54) is 17.3 Å². The van der Waals surface area contributed by atoms with Gasteiger partial charge in [-0.2, -0.15) is 0 Å². The van der Waals surface area contributed by atoms with Gasteiger partial charge in [0.2, 0.25) is 5.91 Å². The Bertz CT molecular complexity index is 2370. The maximum Gasteiger partial charge on any atom is 0.269 e. The van der Waals surface area contributed by atoms with E-state index >= 15 is 4.79 Å². The van der Waals surface area contributed by atoms with E-state index in [1.54, 1.807) is 22.8 Å². The molecule has 1 aromatic heterocycles. The third-order valence-electron chi connectivity index (χ3n) is 13.4. The zero-order chi connectivity index (χ0) is 42.9. The Hall–Kier alpha value is -5.70. The number of aliphatic hydroxyl groups excluding tert-OH is 1. The first kappa shape index (κ1) is 42.0. The number of ether oxygens (including phenoxy) is 2. The van der Waals surface area contributed by atoms with Crippen molar-refractivity contribution in [2.24, 2.45) is 5.92 Å². The Morgan fingerprint density at radius 2 is 1.72 bits per heavy atom. The van der Waals surface area contributed by atoms with E-state index in [2.05, 4.69) is 42.5 Å². The van der Waals surface area contributed by atoms with Gasteiger partial charge in [0, 0.05) is 55.0 Å². The Morgan fingerprint density at radius 1 is 0.984 bits per heavy atom. The lowest BCUT2D eigenvalue weighted by atomic mass is 9.82. The van der Waals surface area contributed by atoms with Gasteiger partial charge in [-0.1, -0.05) is 97.9 Å². The Balaban J connectivity index is 1.14. The van der Waals surface area contributed by atoms with Crippen molar-refractivity contribution in [1.29, 1.82) is 0 Å². The van der Waals surface area contributed by atoms with Gasteiger partial charge in [0.15, 0.2) is 5.60 Å². The first-order valence-corrected chi connectivity index (χ1v) is 24.4. The SMILES string of the molecule is COc1ccc([Si](C)(C)[C@@H]2[C@@H](CCn3cc(C(CO)c4ccccc4)nn3)O[C@]3(C(=O)N(Cc4ccc(N5CCCCCCC5=O)cc4)c4ccc([N+](=O)[O-])cc43)[C@H]2C)cc1. The maximum atomic E-state index is 15.4. The number of aryl methyl sites for hydroxylation is 1. The molecule has 61 heavy (non-hydrogen) atoms. The molecule has 4 heterocycles. The number of nitrogens with zero attached hydrogens (tertiary/aromatic N) is 6. The second-order valence-electron chi connectivity index (χ2n) is 17.2. The van der Waals surface area contributed by atoms with Gasteiger partial charge in [-0.15, -0.1) is 5.10 Å². The molecule has 2 amide bonds. The van der Waals surface area contributed by atoms with Crippen LogP contribution in [-0.2, 0) is 33.0 Å². The van der Waals surface area contributed by atoms with Crippen LogP contribution in [0.25, 0.3) is 0 Å². The number of carbonyl (C=O) groups excluding carboxylic acids is 2. The highest BCUT2D eigenvalue weighted by Gasteiger charge is 2.66. The van der Waals surface area contributed by atoms with Crippen molar-refractivity contribution in [1.82, 2.24) is 15.0 Å². The van der Waals surface area contributed by atoms with Crippen molar-refractivity contribution in [3.05, 3.63) is 136 Å². The van der Waals surface area contributed by atoms with Crippen LogP contribution in [0.2, 0.25) is 18.6 Å². The predicted octanol–water partition coefficient (Wildman–Crippen LogP) is 7.47. The molecule has 3 aliphatic rings. The molecule has 3 aliphatic heterocycles. The summed E-state index contributed by atoms with van der Waals surface area (Å²) in [5.41, 5.74) is 2.68. The summed E-state index contributed by atoms with van der Waals surface area (Å²) in [6, 6.07) is 30.3. The number of hydrogen-bond donors (Lipinski definition) is 1. The molecule has 1 spiro atoms. The number of aliphatic hydroxyl groups is 1. The minimum absolute atomic E-state index is 0.107. The molecule has 0 radical (unpaired) electrons. The molecule has 2 fully saturated rings. The van der Waals surface area contributed by atoms with Crippen LogP contribution in [0.3, 0.4) is 0 Å². The highest BCUT2D eigenvalue weighted by molar-refractivity contribution is 6.91. The summed E-state index contributed by atoms with van der Waals surface area (Å²) < 4.78 is 14.5. The van der Waals surface area contributed by atoms with Gasteiger partial charge in [-0.3, -0.25) is 24.4 Å². The third kappa shape index (κ3) is 7.88. The van der Waals surface area contributed by atoms with E-state index in [1.807, 2.05) is 77.8 Å². The molecule has 318 valence electrons. The Labute approximate surface area is 357 Å². The van der Waals surface area contributed by atoms with Gasteiger partial charge >= 0.3 is 0 Å². The van der Waals surface area contributed by atoms with Gasteiger partial charge in [0.1, 0.15) is 5.75 Å². The van der Waals surface area contributed by atoms with Crippen molar-refractivity contribution in [3.8, 4) is 5.75 Å². The van der Waals surface area contributed by atoms with Crippen LogP contribution in [0, 0.1) is 16.0 Å². The van der Waals surface area contributed by atoms with E-state index in [-0.39, 0.29) is 48.0 Å². The van der Waals surface area contributed by atoms with Crippen molar-refractivity contribution >= 4 is 42.1 Å². The number of non-ortho nitro benzene ring substituents is 1. The summed E-state index contributed by atoms with van der Waals surface area (Å²) in [5.74, 6) is -0.0732. The third-order valence-corrected chi connectivity index (χ3v) is 17.7. The molecule has 1 unspecified atom stereocenters. The number of aromatic nitrogens is 3. The molecular weight excluding hydrogens is 789 g/mol. The molecule has 0 saturated carbocycles. The predicted molar refractivity (Wildman–Crippen MR) is 236 cm³/mol. The van der Waals surface area contributed by atoms with Crippen molar-refractivity contribution < 1.29 is 29.1 Å². The lowest BCUT2D eigenvalue weighted by Gasteiger charge is -2.37. The Morgan fingerprint density at radius 3 is 2.43 bits per heavy atom. The average molecular weight is 843 g/mol. The Kier molecular flexibility index (Phi) is 11.9. The molecule has 4 aromatic carbocycles. The van der Waals surface area contributed by atoms with Crippen LogP contribution in [0.4, 0.5) is 17.1 Å². The number of anilines is 2. The fourth-order valence-electron chi connectivity index (χ4n) is 10.1.